The molecule has 1 fully saturated rings. The first kappa shape index (κ1) is 10.6. The zero-order valence-corrected chi connectivity index (χ0v) is 8.97. The van der Waals surface area contributed by atoms with Gasteiger partial charge in [0.25, 0.3) is 0 Å². The van der Waals surface area contributed by atoms with E-state index < -0.39 is 11.9 Å². The van der Waals surface area contributed by atoms with Crippen LogP contribution >= 0.6 is 0 Å². The molecule has 16 heavy (non-hydrogen) atoms. The normalized spacial score (nSPS) is 31.8. The number of hydrogen-bond donors (Lipinski definition) is 0. The van der Waals surface area contributed by atoms with Crippen LogP contribution in [0, 0.1) is 5.92 Å². The molecule has 0 N–H and O–H groups in total. The molecular formula is C13H12O3. The van der Waals surface area contributed by atoms with E-state index in [4.69, 9.17) is 0 Å². The lowest BCUT2D eigenvalue weighted by molar-refractivity contribution is -0.155. The van der Waals surface area contributed by atoms with E-state index in [2.05, 4.69) is 4.74 Å². The second-order valence-electron chi connectivity index (χ2n) is 3.87. The molecule has 2 aliphatic rings. The third-order valence-corrected chi connectivity index (χ3v) is 2.51. The second kappa shape index (κ2) is 4.31. The van der Waals surface area contributed by atoms with Gasteiger partial charge in [0.15, 0.2) is 0 Å². The monoisotopic (exact) mass is 216 g/mol. The molecular weight excluding hydrogens is 204 g/mol. The quantitative estimate of drug-likeness (QED) is 0.460. The minimum atomic E-state index is -0.538. The van der Waals surface area contributed by atoms with Gasteiger partial charge in [0.05, 0.1) is 0 Å². The van der Waals surface area contributed by atoms with Crippen molar-refractivity contribution in [1.82, 2.24) is 0 Å². The van der Waals surface area contributed by atoms with Gasteiger partial charge in [0, 0.05) is 17.6 Å². The third kappa shape index (κ3) is 2.19. The van der Waals surface area contributed by atoms with Crippen molar-refractivity contribution in [3.05, 3.63) is 47.6 Å². The van der Waals surface area contributed by atoms with Crippen molar-refractivity contribution in [1.29, 1.82) is 0 Å². The van der Waals surface area contributed by atoms with Gasteiger partial charge in [-0.1, -0.05) is 43.4 Å². The van der Waals surface area contributed by atoms with Crippen LogP contribution in [-0.2, 0) is 14.3 Å². The van der Waals surface area contributed by atoms with Gasteiger partial charge >= 0.3 is 11.9 Å². The zero-order valence-electron chi connectivity index (χ0n) is 8.97. The Hall–Kier alpha value is -1.90. The molecule has 1 heterocycles. The predicted molar refractivity (Wildman–Crippen MR) is 59.3 cm³/mol. The van der Waals surface area contributed by atoms with E-state index in [1.165, 1.54) is 0 Å². The van der Waals surface area contributed by atoms with Crippen molar-refractivity contribution in [2.24, 2.45) is 5.92 Å². The van der Waals surface area contributed by atoms with Crippen LogP contribution in [0.4, 0.5) is 0 Å². The third-order valence-electron chi connectivity index (χ3n) is 2.51. The minimum absolute atomic E-state index is 0.277. The molecule has 0 unspecified atom stereocenters. The van der Waals surface area contributed by atoms with Crippen LogP contribution in [0.1, 0.15) is 13.3 Å². The molecule has 82 valence electrons. The van der Waals surface area contributed by atoms with Gasteiger partial charge in [-0.05, 0) is 5.92 Å². The van der Waals surface area contributed by atoms with Crippen molar-refractivity contribution >= 4 is 11.9 Å². The van der Waals surface area contributed by atoms with Crippen LogP contribution < -0.4 is 0 Å². The van der Waals surface area contributed by atoms with E-state index in [0.29, 0.717) is 17.6 Å². The van der Waals surface area contributed by atoms with Crippen molar-refractivity contribution in [2.45, 2.75) is 13.3 Å². The Morgan fingerprint density at radius 3 is 2.06 bits per heavy atom. The van der Waals surface area contributed by atoms with E-state index in [-0.39, 0.29) is 5.92 Å². The molecule has 1 saturated heterocycles. The highest BCUT2D eigenvalue weighted by Crippen LogP contribution is 2.21. The molecule has 0 atom stereocenters. The molecule has 2 bridgehead atoms. The van der Waals surface area contributed by atoms with Gasteiger partial charge in [0.2, 0.25) is 0 Å². The maximum Gasteiger partial charge on any atom is 0.342 e. The molecule has 0 radical (unpaired) electrons. The van der Waals surface area contributed by atoms with Gasteiger partial charge < -0.3 is 4.74 Å². The standard InChI is InChI=1S/C13H12O3/c1-9-4-2-6-10-8-11(7-3-5-9)13(15)16-12(10)14/h2-7,9H,8H2,1H3/b4-2-,5-3-,10-6+,11-7+. The summed E-state index contributed by atoms with van der Waals surface area (Å²) in [7, 11) is 0. The lowest BCUT2D eigenvalue weighted by Crippen LogP contribution is -2.23. The number of ether oxygens (including phenoxy) is 1. The van der Waals surface area contributed by atoms with Crippen LogP contribution in [0.2, 0.25) is 0 Å². The van der Waals surface area contributed by atoms with Crippen molar-refractivity contribution in [3.8, 4) is 0 Å². The van der Waals surface area contributed by atoms with Gasteiger partial charge in [-0.15, -0.1) is 0 Å². The molecule has 0 aromatic rings. The van der Waals surface area contributed by atoms with E-state index >= 15 is 0 Å². The molecule has 0 saturated carbocycles. The van der Waals surface area contributed by atoms with Crippen LogP contribution in [0.15, 0.2) is 47.6 Å². The maximum absolute atomic E-state index is 11.4. The van der Waals surface area contributed by atoms with Crippen LogP contribution in [-0.4, -0.2) is 11.9 Å². The summed E-state index contributed by atoms with van der Waals surface area (Å²) in [5.74, 6) is -0.799. The summed E-state index contributed by atoms with van der Waals surface area (Å²) in [6.45, 7) is 2.03. The number of cyclic esters (lactones) is 2. The smallest absolute Gasteiger partial charge is 0.342 e. The van der Waals surface area contributed by atoms with E-state index in [0.717, 1.165) is 0 Å². The highest BCUT2D eigenvalue weighted by molar-refractivity contribution is 6.07. The summed E-state index contributed by atoms with van der Waals surface area (Å²) in [5.41, 5.74) is 1.04. The Bertz CT molecular complexity index is 410. The number of hydrogen-bond acceptors (Lipinski definition) is 3. The molecule has 2 rings (SSSR count). The molecule has 0 aromatic carbocycles. The summed E-state index contributed by atoms with van der Waals surface area (Å²) in [5, 5.41) is 0. The molecule has 1 aliphatic heterocycles. The average Bonchev–Trinajstić information content (AvgIpc) is 2.24. The SMILES string of the molecule is CC1/C=C\C=C2/C/C(=C\C=C/1)C(=O)OC2=O. The number of carbonyl (C=O) groups is 2. The fraction of sp³-hybridized carbons (Fsp3) is 0.231. The number of fused-ring (bicyclic) bond motifs is 2. The topological polar surface area (TPSA) is 43.4 Å². The van der Waals surface area contributed by atoms with Gasteiger partial charge in [-0.3, -0.25) is 0 Å². The highest BCUT2D eigenvalue weighted by Gasteiger charge is 2.26. The molecule has 0 amide bonds. The Morgan fingerprint density at radius 2 is 1.56 bits per heavy atom. The first-order valence-electron chi connectivity index (χ1n) is 5.18. The first-order valence-corrected chi connectivity index (χ1v) is 5.18. The van der Waals surface area contributed by atoms with Crippen LogP contribution in [0.5, 0.6) is 0 Å². The molecule has 3 heteroatoms. The largest absolute Gasteiger partial charge is 0.386 e. The molecule has 0 aromatic heterocycles. The summed E-state index contributed by atoms with van der Waals surface area (Å²) in [6, 6.07) is 0. The summed E-state index contributed by atoms with van der Waals surface area (Å²) in [6.07, 6.45) is 11.4. The lowest BCUT2D eigenvalue weighted by atomic mass is 10.00. The Balaban J connectivity index is 2.39. The van der Waals surface area contributed by atoms with Crippen molar-refractivity contribution in [3.63, 3.8) is 0 Å². The maximum atomic E-state index is 11.4. The zero-order chi connectivity index (χ0) is 11.5. The van der Waals surface area contributed by atoms with Crippen LogP contribution in [0.3, 0.4) is 0 Å². The Labute approximate surface area is 93.8 Å². The molecule has 1 aliphatic carbocycles. The molecule has 3 nitrogen and oxygen atoms in total. The fourth-order valence-electron chi connectivity index (χ4n) is 1.58. The number of esters is 2. The van der Waals surface area contributed by atoms with E-state index in [9.17, 15) is 9.59 Å². The van der Waals surface area contributed by atoms with Gasteiger partial charge in [-0.25, -0.2) is 9.59 Å². The lowest BCUT2D eigenvalue weighted by Gasteiger charge is -2.15. The predicted octanol–water partition coefficient (Wildman–Crippen LogP) is 2.07. The molecule has 0 spiro atoms. The minimum Gasteiger partial charge on any atom is -0.386 e. The number of carbonyl (C=O) groups excluding carboxylic acids is 2. The van der Waals surface area contributed by atoms with E-state index in [1.807, 2.05) is 31.2 Å². The average molecular weight is 216 g/mol. The first-order chi connectivity index (χ1) is 7.66. The second-order valence-corrected chi connectivity index (χ2v) is 3.87. The van der Waals surface area contributed by atoms with E-state index in [1.54, 1.807) is 12.2 Å². The van der Waals surface area contributed by atoms with Gasteiger partial charge in [-0.2, -0.15) is 0 Å². The number of allylic oxidation sites excluding steroid dienone is 6. The van der Waals surface area contributed by atoms with Crippen LogP contribution in [0.25, 0.3) is 0 Å². The Morgan fingerprint density at radius 1 is 1.06 bits per heavy atom. The van der Waals surface area contributed by atoms with Crippen molar-refractivity contribution < 1.29 is 14.3 Å². The fourth-order valence-corrected chi connectivity index (χ4v) is 1.58. The highest BCUT2D eigenvalue weighted by atomic mass is 16.6. The van der Waals surface area contributed by atoms with Gasteiger partial charge in [0.1, 0.15) is 0 Å². The Kier molecular flexibility index (Phi) is 2.86. The summed E-state index contributed by atoms with van der Waals surface area (Å²) < 4.78 is 4.63. The number of rotatable bonds is 0. The summed E-state index contributed by atoms with van der Waals surface area (Å²) >= 11 is 0. The summed E-state index contributed by atoms with van der Waals surface area (Å²) in [4.78, 5) is 22.7. The van der Waals surface area contributed by atoms with Crippen molar-refractivity contribution in [2.75, 3.05) is 0 Å².